The van der Waals surface area contributed by atoms with E-state index in [0.29, 0.717) is 12.8 Å². The Labute approximate surface area is 347 Å². The van der Waals surface area contributed by atoms with E-state index in [0.717, 1.165) is 81.8 Å². The number of rotatable bonds is 3. The SMILES string of the molecule is C=C(CO)CC1CCC2OC3CC4OC5CC6OC7CCC8OC9CC%10OC%11C(C)=CC(=O)OC%11CC%10OC9C[C@@H](C)C8OC7CC6OC5(C)C/C=C\C4OC3CC2O1. The van der Waals surface area contributed by atoms with Crippen LogP contribution < -0.4 is 0 Å². The van der Waals surface area contributed by atoms with Gasteiger partial charge in [0, 0.05) is 44.6 Å². The lowest BCUT2D eigenvalue weighted by Gasteiger charge is -2.55. The van der Waals surface area contributed by atoms with Crippen molar-refractivity contribution < 1.29 is 62.0 Å². The zero-order valence-corrected chi connectivity index (χ0v) is 34.8. The highest BCUT2D eigenvalue weighted by atomic mass is 16.6. The van der Waals surface area contributed by atoms with Crippen LogP contribution in [0.4, 0.5) is 0 Å². The summed E-state index contributed by atoms with van der Waals surface area (Å²) in [6.45, 7) is 10.4. The van der Waals surface area contributed by atoms with Gasteiger partial charge < -0.3 is 57.2 Å². The summed E-state index contributed by atoms with van der Waals surface area (Å²) in [6, 6.07) is 0. The van der Waals surface area contributed by atoms with Crippen LogP contribution >= 0.6 is 0 Å². The molecule has 1 N–H and O–H groups in total. The fraction of sp³-hybridized carbons (Fsp3) is 0.848. The Morgan fingerprint density at radius 2 is 1.27 bits per heavy atom. The standard InChI is InChI=1S/C46H64O13/c1-22(21-47)12-25-7-8-27-31(49-25)15-35-36(51-27)16-32-26(50-35)6-5-11-46(4)42(55-32)20-39-40(59-46)18-33-28(52-39)9-10-29-44(57-33)23(2)13-30-34(53-29)17-38-37(54-30)19-41-45(58-38)24(3)14-43(48)56-41/h5-6,14,23,25-42,44-45,47H,1,7-13,15-21H2,2-4H3/b6-5-/t23-,25?,26?,27?,28?,29?,30?,31?,32?,33?,34?,35?,36?,37?,38?,39?,40?,41?,42?,44?,45?,46?/m1/s1. The Morgan fingerprint density at radius 1 is 0.678 bits per heavy atom. The molecule has 0 bridgehead atoms. The average molecular weight is 825 g/mol. The van der Waals surface area contributed by atoms with Gasteiger partial charge in [0.15, 0.2) is 0 Å². The molecule has 21 unspecified atom stereocenters. The Balaban J connectivity index is 0.734. The third-order valence-electron chi connectivity index (χ3n) is 15.8. The molecule has 11 rings (SSSR count). The van der Waals surface area contributed by atoms with Gasteiger partial charge >= 0.3 is 5.97 Å². The van der Waals surface area contributed by atoms with Crippen LogP contribution in [-0.4, -0.2) is 145 Å². The summed E-state index contributed by atoms with van der Waals surface area (Å²) in [5, 5.41) is 9.49. The molecule has 0 aromatic rings. The average Bonchev–Trinajstić information content (AvgIpc) is 3.45. The molecule has 11 aliphatic rings. The largest absolute Gasteiger partial charge is 0.456 e. The summed E-state index contributed by atoms with van der Waals surface area (Å²) in [7, 11) is 0. The highest BCUT2D eigenvalue weighted by Crippen LogP contribution is 2.48. The normalized spacial score (nSPS) is 54.5. The minimum absolute atomic E-state index is 0.00404. The van der Waals surface area contributed by atoms with Gasteiger partial charge in [0.2, 0.25) is 0 Å². The molecule has 13 heteroatoms. The fourth-order valence-corrected chi connectivity index (χ4v) is 12.8. The van der Waals surface area contributed by atoms with Gasteiger partial charge in [-0.05, 0) is 75.9 Å². The van der Waals surface area contributed by atoms with Gasteiger partial charge in [-0.3, -0.25) is 0 Å². The van der Waals surface area contributed by atoms with Crippen molar-refractivity contribution in [1.29, 1.82) is 0 Å². The van der Waals surface area contributed by atoms with Crippen LogP contribution in [0.3, 0.4) is 0 Å². The lowest BCUT2D eigenvalue weighted by atomic mass is 9.80. The predicted octanol–water partition coefficient (Wildman–Crippen LogP) is 4.73. The maximum absolute atomic E-state index is 12.1. The van der Waals surface area contributed by atoms with E-state index in [2.05, 4.69) is 32.6 Å². The molecule has 9 fully saturated rings. The highest BCUT2D eigenvalue weighted by Gasteiger charge is 2.57. The molecular formula is C46H64O13. The first-order valence-electron chi connectivity index (χ1n) is 23.0. The van der Waals surface area contributed by atoms with Gasteiger partial charge in [-0.1, -0.05) is 25.7 Å². The molecule has 11 heterocycles. The van der Waals surface area contributed by atoms with Crippen LogP contribution in [0.1, 0.15) is 104 Å². The highest BCUT2D eigenvalue weighted by molar-refractivity contribution is 5.84. The molecule has 9 saturated heterocycles. The van der Waals surface area contributed by atoms with E-state index in [4.69, 9.17) is 52.1 Å². The number of fused-ring (bicyclic) bond motifs is 10. The molecular weight excluding hydrogens is 760 g/mol. The van der Waals surface area contributed by atoms with Crippen LogP contribution in [0.2, 0.25) is 0 Å². The molecule has 22 atom stereocenters. The number of hydrogen-bond acceptors (Lipinski definition) is 13. The van der Waals surface area contributed by atoms with Crippen LogP contribution in [0.25, 0.3) is 0 Å². The predicted molar refractivity (Wildman–Crippen MR) is 209 cm³/mol. The number of aliphatic hydroxyl groups is 1. The van der Waals surface area contributed by atoms with E-state index in [1.54, 1.807) is 6.08 Å². The van der Waals surface area contributed by atoms with Gasteiger partial charge in [0.1, 0.15) is 18.3 Å². The summed E-state index contributed by atoms with van der Waals surface area (Å²) in [5.74, 6) is -0.0741. The minimum atomic E-state index is -0.513. The second-order valence-electron chi connectivity index (χ2n) is 20.0. The van der Waals surface area contributed by atoms with Crippen molar-refractivity contribution in [3.05, 3.63) is 36.0 Å². The number of ether oxygens (including phenoxy) is 11. The van der Waals surface area contributed by atoms with Gasteiger partial charge in [0.05, 0.1) is 116 Å². The van der Waals surface area contributed by atoms with Gasteiger partial charge in [0.25, 0.3) is 0 Å². The first-order valence-corrected chi connectivity index (χ1v) is 23.0. The first kappa shape index (κ1) is 40.1. The Kier molecular flexibility index (Phi) is 10.7. The Morgan fingerprint density at radius 3 is 2.07 bits per heavy atom. The summed E-state index contributed by atoms with van der Waals surface area (Å²) >= 11 is 0. The third kappa shape index (κ3) is 7.53. The topological polar surface area (TPSA) is 139 Å². The van der Waals surface area contributed by atoms with Crippen molar-refractivity contribution in [2.24, 2.45) is 5.92 Å². The summed E-state index contributed by atoms with van der Waals surface area (Å²) in [6.07, 6.45) is 14.4. The zero-order valence-electron chi connectivity index (χ0n) is 34.8. The molecule has 59 heavy (non-hydrogen) atoms. The van der Waals surface area contributed by atoms with E-state index < -0.39 is 5.60 Å². The van der Waals surface area contributed by atoms with Crippen molar-refractivity contribution in [2.45, 2.75) is 232 Å². The molecule has 11 aliphatic heterocycles. The first-order chi connectivity index (χ1) is 28.6. The van der Waals surface area contributed by atoms with Crippen molar-refractivity contribution in [2.75, 3.05) is 6.61 Å². The van der Waals surface area contributed by atoms with Crippen molar-refractivity contribution >= 4 is 5.97 Å². The molecule has 326 valence electrons. The number of esters is 1. The van der Waals surface area contributed by atoms with Crippen LogP contribution in [-0.2, 0) is 56.9 Å². The van der Waals surface area contributed by atoms with Gasteiger partial charge in [-0.25, -0.2) is 4.79 Å². The van der Waals surface area contributed by atoms with Crippen LogP contribution in [0.15, 0.2) is 36.0 Å². The molecule has 0 amide bonds. The number of hydrogen-bond donors (Lipinski definition) is 1. The number of carbonyl (C=O) groups is 1. The van der Waals surface area contributed by atoms with E-state index in [1.165, 1.54) is 0 Å². The Bertz CT molecular complexity index is 1670. The van der Waals surface area contributed by atoms with Crippen LogP contribution in [0.5, 0.6) is 0 Å². The number of carbonyl (C=O) groups excluding carboxylic acids is 1. The van der Waals surface area contributed by atoms with Gasteiger partial charge in [-0.2, -0.15) is 0 Å². The quantitative estimate of drug-likeness (QED) is 0.310. The molecule has 0 aromatic heterocycles. The smallest absolute Gasteiger partial charge is 0.331 e. The molecule has 13 nitrogen and oxygen atoms in total. The molecule has 0 saturated carbocycles. The molecule has 0 radical (unpaired) electrons. The molecule has 0 spiro atoms. The van der Waals surface area contributed by atoms with Crippen LogP contribution in [0, 0.1) is 5.92 Å². The molecule has 0 aliphatic carbocycles. The van der Waals surface area contributed by atoms with Crippen molar-refractivity contribution in [3.63, 3.8) is 0 Å². The lowest BCUT2D eigenvalue weighted by molar-refractivity contribution is -0.310. The maximum atomic E-state index is 12.1. The minimum Gasteiger partial charge on any atom is -0.456 e. The van der Waals surface area contributed by atoms with E-state index in [9.17, 15) is 9.90 Å². The second kappa shape index (κ2) is 15.8. The van der Waals surface area contributed by atoms with Gasteiger partial charge in [-0.15, -0.1) is 0 Å². The second-order valence-corrected chi connectivity index (χ2v) is 20.0. The molecule has 0 aromatic carbocycles. The third-order valence-corrected chi connectivity index (χ3v) is 15.8. The summed E-state index contributed by atoms with van der Waals surface area (Å²) < 4.78 is 74.2. The monoisotopic (exact) mass is 824 g/mol. The fourth-order valence-electron chi connectivity index (χ4n) is 12.8. The van der Waals surface area contributed by atoms with E-state index in [1.807, 2.05) is 6.92 Å². The lowest BCUT2D eigenvalue weighted by Crippen LogP contribution is -2.63. The zero-order chi connectivity index (χ0) is 40.2. The van der Waals surface area contributed by atoms with Crippen molar-refractivity contribution in [1.82, 2.24) is 0 Å². The summed E-state index contributed by atoms with van der Waals surface area (Å²) in [4.78, 5) is 12.1. The maximum Gasteiger partial charge on any atom is 0.331 e. The number of aliphatic hydroxyl groups excluding tert-OH is 1. The van der Waals surface area contributed by atoms with E-state index in [-0.39, 0.29) is 141 Å². The Hall–Kier alpha value is -1.75. The van der Waals surface area contributed by atoms with E-state index >= 15 is 0 Å². The van der Waals surface area contributed by atoms with Crippen molar-refractivity contribution in [3.8, 4) is 0 Å². The summed E-state index contributed by atoms with van der Waals surface area (Å²) in [5.41, 5.74) is 1.21.